The number of pyridine rings is 1. The van der Waals surface area contributed by atoms with E-state index in [-0.39, 0.29) is 12.2 Å². The Bertz CT molecular complexity index is 418. The topological polar surface area (TPSA) is 63.7 Å². The van der Waals surface area contributed by atoms with Crippen molar-refractivity contribution in [3.05, 3.63) is 24.0 Å². The first kappa shape index (κ1) is 16.4. The molecular weight excluding hydrogens is 258 g/mol. The maximum absolute atomic E-state index is 12.2. The van der Waals surface area contributed by atoms with Crippen LogP contribution in [0.5, 0.6) is 0 Å². The second kappa shape index (κ2) is 8.50. The fourth-order valence-electron chi connectivity index (χ4n) is 1.79. The molecule has 0 fully saturated rings. The Morgan fingerprint density at radius 1 is 1.35 bits per heavy atom. The molecule has 1 heterocycles. The fraction of sp³-hybridized carbons (Fsp3) is 0.571. The molecule has 20 heavy (non-hydrogen) atoms. The van der Waals surface area contributed by atoms with Crippen LogP contribution in [0.2, 0.25) is 0 Å². The minimum absolute atomic E-state index is 0.0614. The number of nitrogens with zero attached hydrogens (tertiary/aromatic N) is 2. The average molecular weight is 281 g/mol. The van der Waals surface area contributed by atoms with E-state index in [1.54, 1.807) is 37.4 Å². The number of amides is 1. The Morgan fingerprint density at radius 3 is 2.55 bits per heavy atom. The lowest BCUT2D eigenvalue weighted by Gasteiger charge is -2.19. The molecule has 0 unspecified atom stereocenters. The number of ether oxygens (including phenoxy) is 2. The summed E-state index contributed by atoms with van der Waals surface area (Å²) in [6.07, 6.45) is 1.29. The maximum atomic E-state index is 12.2. The van der Waals surface area contributed by atoms with Crippen LogP contribution in [-0.4, -0.2) is 55.9 Å². The van der Waals surface area contributed by atoms with Crippen LogP contribution in [-0.2, 0) is 9.47 Å². The molecule has 1 rings (SSSR count). The number of carbonyl (C=O) groups is 1. The molecule has 1 amide bonds. The Hall–Kier alpha value is -1.66. The molecule has 1 aromatic rings. The highest BCUT2D eigenvalue weighted by molar-refractivity contribution is 5.93. The van der Waals surface area contributed by atoms with Crippen molar-refractivity contribution in [1.82, 2.24) is 9.88 Å². The largest absolute Gasteiger partial charge is 0.380 e. The molecule has 0 bridgehead atoms. The van der Waals surface area contributed by atoms with E-state index in [1.807, 2.05) is 13.8 Å². The monoisotopic (exact) mass is 281 g/mol. The molecule has 1 aromatic heterocycles. The Labute approximate surface area is 120 Å². The van der Waals surface area contributed by atoms with Gasteiger partial charge < -0.3 is 19.7 Å². The first-order valence-corrected chi connectivity index (χ1v) is 6.71. The van der Waals surface area contributed by atoms with Crippen molar-refractivity contribution >= 4 is 11.6 Å². The lowest BCUT2D eigenvalue weighted by atomic mass is 10.2. The Kier molecular flexibility index (Phi) is 6.97. The van der Waals surface area contributed by atoms with Gasteiger partial charge in [-0.15, -0.1) is 0 Å². The number of methoxy groups -OCH3 is 2. The van der Waals surface area contributed by atoms with Gasteiger partial charge in [0.05, 0.1) is 6.54 Å². The molecule has 6 nitrogen and oxygen atoms in total. The van der Waals surface area contributed by atoms with Crippen LogP contribution in [0.1, 0.15) is 24.3 Å². The van der Waals surface area contributed by atoms with Crippen molar-refractivity contribution in [3.63, 3.8) is 0 Å². The normalized spacial score (nSPS) is 10.7. The minimum Gasteiger partial charge on any atom is -0.380 e. The predicted molar refractivity (Wildman–Crippen MR) is 77.8 cm³/mol. The third-order valence-electron chi connectivity index (χ3n) is 3.03. The molecule has 0 aromatic carbocycles. The summed E-state index contributed by atoms with van der Waals surface area (Å²) in [5.74, 6) is -0.0614. The van der Waals surface area contributed by atoms with E-state index in [9.17, 15) is 4.79 Å². The van der Waals surface area contributed by atoms with Crippen LogP contribution >= 0.6 is 0 Å². The second-order valence-corrected chi connectivity index (χ2v) is 4.19. The van der Waals surface area contributed by atoms with Gasteiger partial charge >= 0.3 is 0 Å². The summed E-state index contributed by atoms with van der Waals surface area (Å²) in [6.45, 7) is 5.74. The molecule has 0 saturated carbocycles. The molecule has 112 valence electrons. The number of hydrogen-bond donors (Lipinski definition) is 1. The van der Waals surface area contributed by atoms with E-state index < -0.39 is 0 Å². The lowest BCUT2D eigenvalue weighted by Crippen LogP contribution is -2.31. The number of anilines is 1. The van der Waals surface area contributed by atoms with Crippen molar-refractivity contribution in [2.45, 2.75) is 20.1 Å². The van der Waals surface area contributed by atoms with Crippen LogP contribution < -0.4 is 5.32 Å². The fourth-order valence-corrected chi connectivity index (χ4v) is 1.79. The molecule has 1 N–H and O–H groups in total. The van der Waals surface area contributed by atoms with E-state index in [0.29, 0.717) is 25.3 Å². The summed E-state index contributed by atoms with van der Waals surface area (Å²) in [5, 5.41) is 3.16. The average Bonchev–Trinajstić information content (AvgIpc) is 2.49. The van der Waals surface area contributed by atoms with Gasteiger partial charge in [0.15, 0.2) is 6.29 Å². The third-order valence-corrected chi connectivity index (χ3v) is 3.03. The molecular formula is C14H23N3O3. The summed E-state index contributed by atoms with van der Waals surface area (Å²) in [4.78, 5) is 18.1. The van der Waals surface area contributed by atoms with Crippen molar-refractivity contribution in [3.8, 4) is 0 Å². The van der Waals surface area contributed by atoms with Gasteiger partial charge in [-0.05, 0) is 26.0 Å². The van der Waals surface area contributed by atoms with Crippen LogP contribution in [0.4, 0.5) is 5.69 Å². The summed E-state index contributed by atoms with van der Waals surface area (Å²) in [7, 11) is 3.16. The van der Waals surface area contributed by atoms with Crippen LogP contribution in [0.25, 0.3) is 0 Å². The van der Waals surface area contributed by atoms with Crippen molar-refractivity contribution in [2.75, 3.05) is 39.2 Å². The zero-order chi connectivity index (χ0) is 15.0. The maximum Gasteiger partial charge on any atom is 0.272 e. The molecule has 0 spiro atoms. The summed E-state index contributed by atoms with van der Waals surface area (Å²) in [5.41, 5.74) is 1.25. The first-order chi connectivity index (χ1) is 9.65. The summed E-state index contributed by atoms with van der Waals surface area (Å²) < 4.78 is 10.2. The molecule has 0 atom stereocenters. The number of rotatable bonds is 8. The van der Waals surface area contributed by atoms with Crippen LogP contribution in [0, 0.1) is 0 Å². The van der Waals surface area contributed by atoms with Gasteiger partial charge in [0.2, 0.25) is 0 Å². The molecule has 0 aliphatic heterocycles. The molecule has 0 saturated heterocycles. The Morgan fingerprint density at radius 2 is 2.00 bits per heavy atom. The van der Waals surface area contributed by atoms with Gasteiger partial charge in [0.25, 0.3) is 5.91 Å². The second-order valence-electron chi connectivity index (χ2n) is 4.19. The van der Waals surface area contributed by atoms with Crippen molar-refractivity contribution in [1.29, 1.82) is 0 Å². The minimum atomic E-state index is -0.329. The molecule has 0 aliphatic carbocycles. The standard InChI is InChI=1S/C14H23N3O3/c1-5-17(6-2)14(18)12-9-11(7-8-15-12)16-10-13(19-3)20-4/h7-9,13H,5-6,10H2,1-4H3,(H,15,16). The SMILES string of the molecule is CCN(CC)C(=O)c1cc(NCC(OC)OC)ccn1. The summed E-state index contributed by atoms with van der Waals surface area (Å²) >= 11 is 0. The van der Waals surface area contributed by atoms with Crippen molar-refractivity contribution in [2.24, 2.45) is 0 Å². The van der Waals surface area contributed by atoms with Gasteiger partial charge in [-0.3, -0.25) is 9.78 Å². The van der Waals surface area contributed by atoms with Crippen LogP contribution in [0.3, 0.4) is 0 Å². The van der Waals surface area contributed by atoms with E-state index in [2.05, 4.69) is 10.3 Å². The highest BCUT2D eigenvalue weighted by atomic mass is 16.7. The van der Waals surface area contributed by atoms with Crippen LogP contribution in [0.15, 0.2) is 18.3 Å². The number of aromatic nitrogens is 1. The van der Waals surface area contributed by atoms with Gasteiger partial charge in [-0.25, -0.2) is 0 Å². The third kappa shape index (κ3) is 4.47. The van der Waals surface area contributed by atoms with Crippen molar-refractivity contribution < 1.29 is 14.3 Å². The highest BCUT2D eigenvalue weighted by Gasteiger charge is 2.14. The highest BCUT2D eigenvalue weighted by Crippen LogP contribution is 2.10. The number of carbonyl (C=O) groups excluding carboxylic acids is 1. The first-order valence-electron chi connectivity index (χ1n) is 6.71. The quantitative estimate of drug-likeness (QED) is 0.733. The molecule has 6 heteroatoms. The van der Waals surface area contributed by atoms with Gasteiger partial charge in [0.1, 0.15) is 5.69 Å². The van der Waals surface area contributed by atoms with Gasteiger partial charge in [0, 0.05) is 39.2 Å². The van der Waals surface area contributed by atoms with E-state index >= 15 is 0 Å². The predicted octanol–water partition coefficient (Wildman–Crippen LogP) is 1.59. The van der Waals surface area contributed by atoms with Gasteiger partial charge in [-0.2, -0.15) is 0 Å². The number of hydrogen-bond acceptors (Lipinski definition) is 5. The molecule has 0 aliphatic rings. The van der Waals surface area contributed by atoms with Gasteiger partial charge in [-0.1, -0.05) is 0 Å². The van der Waals surface area contributed by atoms with E-state index in [4.69, 9.17) is 9.47 Å². The Balaban J connectivity index is 2.72. The smallest absolute Gasteiger partial charge is 0.272 e. The molecule has 0 radical (unpaired) electrons. The lowest BCUT2D eigenvalue weighted by molar-refractivity contribution is -0.0914. The summed E-state index contributed by atoms with van der Waals surface area (Å²) in [6, 6.07) is 3.55. The van der Waals surface area contributed by atoms with E-state index in [0.717, 1.165) is 5.69 Å². The zero-order valence-corrected chi connectivity index (χ0v) is 12.5. The van der Waals surface area contributed by atoms with E-state index in [1.165, 1.54) is 0 Å². The number of nitrogens with one attached hydrogen (secondary N) is 1. The zero-order valence-electron chi connectivity index (χ0n) is 12.5.